The molecule has 1 aromatic carbocycles. The van der Waals surface area contributed by atoms with Crippen LogP contribution in [0.15, 0.2) is 51.6 Å². The Balaban J connectivity index is 2.00. The minimum atomic E-state index is -0.211. The Morgan fingerprint density at radius 3 is 2.42 bits per heavy atom. The van der Waals surface area contributed by atoms with Crippen LogP contribution in [0.25, 0.3) is 5.57 Å². The number of carbonyl (C=O) groups excluding carboxylic acids is 2. The first-order valence-corrected chi connectivity index (χ1v) is 9.62. The predicted octanol–water partition coefficient (Wildman–Crippen LogP) is 4.93. The normalized spacial score (nSPS) is 15.1. The van der Waals surface area contributed by atoms with E-state index in [1.54, 1.807) is 12.1 Å². The van der Waals surface area contributed by atoms with Gasteiger partial charge in [0, 0.05) is 21.3 Å². The minimum Gasteiger partial charge on any atom is -0.274 e. The molecule has 1 aliphatic rings. The maximum Gasteiger partial charge on any atom is 0.268 e. The molecule has 2 aromatic rings. The van der Waals surface area contributed by atoms with Crippen molar-refractivity contribution >= 4 is 52.1 Å². The zero-order valence-corrected chi connectivity index (χ0v) is 15.7. The van der Waals surface area contributed by atoms with E-state index in [9.17, 15) is 9.59 Å². The lowest BCUT2D eigenvalue weighted by Gasteiger charge is -2.17. The van der Waals surface area contributed by atoms with Crippen molar-refractivity contribution in [1.29, 1.82) is 0 Å². The fourth-order valence-electron chi connectivity index (χ4n) is 2.44. The lowest BCUT2D eigenvalue weighted by Crippen LogP contribution is -2.34. The zero-order valence-electron chi connectivity index (χ0n) is 13.3. The topological polar surface area (TPSA) is 37.4 Å². The Kier molecular flexibility index (Phi) is 5.13. The van der Waals surface area contributed by atoms with Gasteiger partial charge in [-0.15, -0.1) is 11.3 Å². The zero-order chi connectivity index (χ0) is 17.3. The number of rotatable bonds is 5. The second kappa shape index (κ2) is 7.13. The van der Waals surface area contributed by atoms with Crippen LogP contribution in [-0.2, 0) is 9.59 Å². The maximum absolute atomic E-state index is 12.8. The standard InChI is InChI=1S/C18H16ClNO2S2/c1-11(2)10-20-17(21)15(14-4-3-9-23-14)16(18(20)22)24-13-7-5-12(19)6-8-13/h3-9,11H,10H2,1-2H3. The van der Waals surface area contributed by atoms with E-state index < -0.39 is 0 Å². The second-order valence-corrected chi connectivity index (χ2v) is 8.32. The molecule has 0 unspecified atom stereocenters. The summed E-state index contributed by atoms with van der Waals surface area (Å²) in [5.41, 5.74) is 0.510. The largest absolute Gasteiger partial charge is 0.274 e. The number of imide groups is 1. The Morgan fingerprint density at radius 1 is 1.12 bits per heavy atom. The fraction of sp³-hybridized carbons (Fsp3) is 0.222. The van der Waals surface area contributed by atoms with E-state index in [0.717, 1.165) is 9.77 Å². The van der Waals surface area contributed by atoms with Gasteiger partial charge in [-0.1, -0.05) is 43.3 Å². The van der Waals surface area contributed by atoms with E-state index in [2.05, 4.69) is 0 Å². The van der Waals surface area contributed by atoms with E-state index in [4.69, 9.17) is 11.6 Å². The van der Waals surface area contributed by atoms with Gasteiger partial charge in [0.1, 0.15) is 0 Å². The number of nitrogens with zero attached hydrogens (tertiary/aromatic N) is 1. The summed E-state index contributed by atoms with van der Waals surface area (Å²) in [7, 11) is 0. The molecule has 0 spiro atoms. The summed E-state index contributed by atoms with van der Waals surface area (Å²) in [6.45, 7) is 4.42. The van der Waals surface area contributed by atoms with Crippen molar-refractivity contribution in [3.05, 3.63) is 56.6 Å². The van der Waals surface area contributed by atoms with Crippen LogP contribution < -0.4 is 0 Å². The van der Waals surface area contributed by atoms with Gasteiger partial charge in [0.15, 0.2) is 0 Å². The number of amides is 2. The van der Waals surface area contributed by atoms with Crippen molar-refractivity contribution in [3.63, 3.8) is 0 Å². The van der Waals surface area contributed by atoms with Crippen LogP contribution in [-0.4, -0.2) is 23.3 Å². The molecule has 0 atom stereocenters. The highest BCUT2D eigenvalue weighted by Gasteiger charge is 2.39. The van der Waals surface area contributed by atoms with Gasteiger partial charge >= 0.3 is 0 Å². The van der Waals surface area contributed by atoms with Gasteiger partial charge in [0.2, 0.25) is 0 Å². The molecule has 6 heteroatoms. The average molecular weight is 378 g/mol. The van der Waals surface area contributed by atoms with E-state index in [0.29, 0.717) is 22.0 Å². The highest BCUT2D eigenvalue weighted by molar-refractivity contribution is 8.04. The smallest absolute Gasteiger partial charge is 0.268 e. The molecule has 3 nitrogen and oxygen atoms in total. The molecule has 3 rings (SSSR count). The second-order valence-electron chi connectivity index (χ2n) is 5.85. The third-order valence-electron chi connectivity index (χ3n) is 3.47. The third-order valence-corrected chi connectivity index (χ3v) is 5.70. The van der Waals surface area contributed by atoms with Crippen molar-refractivity contribution < 1.29 is 9.59 Å². The molecule has 1 aliphatic heterocycles. The Bertz CT molecular complexity index is 795. The number of benzene rings is 1. The average Bonchev–Trinajstić information content (AvgIpc) is 3.13. The third kappa shape index (κ3) is 3.43. The molecular weight excluding hydrogens is 362 g/mol. The molecule has 24 heavy (non-hydrogen) atoms. The first-order chi connectivity index (χ1) is 11.5. The van der Waals surface area contributed by atoms with E-state index in [1.165, 1.54) is 28.0 Å². The number of thioether (sulfide) groups is 1. The lowest BCUT2D eigenvalue weighted by molar-refractivity contribution is -0.137. The number of carbonyl (C=O) groups is 2. The van der Waals surface area contributed by atoms with Gasteiger partial charge in [0.05, 0.1) is 10.5 Å². The number of hydrogen-bond acceptors (Lipinski definition) is 4. The van der Waals surface area contributed by atoms with Crippen LogP contribution >= 0.6 is 34.7 Å². The van der Waals surface area contributed by atoms with Crippen LogP contribution in [0.2, 0.25) is 5.02 Å². The van der Waals surface area contributed by atoms with Crippen LogP contribution in [0.5, 0.6) is 0 Å². The summed E-state index contributed by atoms with van der Waals surface area (Å²) in [5.74, 6) is -0.188. The number of halogens is 1. The molecule has 0 aliphatic carbocycles. The van der Waals surface area contributed by atoms with Gasteiger partial charge in [0.25, 0.3) is 11.8 Å². The first-order valence-electron chi connectivity index (χ1n) is 7.55. The lowest BCUT2D eigenvalue weighted by atomic mass is 10.2. The highest BCUT2D eigenvalue weighted by Crippen LogP contribution is 2.41. The van der Waals surface area contributed by atoms with Crippen molar-refractivity contribution in [2.24, 2.45) is 5.92 Å². The van der Waals surface area contributed by atoms with Crippen LogP contribution in [0.4, 0.5) is 0 Å². The maximum atomic E-state index is 12.8. The monoisotopic (exact) mass is 377 g/mol. The molecule has 0 saturated heterocycles. The Labute approximate surface area is 154 Å². The summed E-state index contributed by atoms with van der Waals surface area (Å²) < 4.78 is 0. The van der Waals surface area contributed by atoms with Gasteiger partial charge in [-0.2, -0.15) is 0 Å². The SMILES string of the molecule is CC(C)CN1C(=O)C(Sc2ccc(Cl)cc2)=C(c2cccs2)C1=O. The number of thiophene rings is 1. The molecule has 0 bridgehead atoms. The molecular formula is C18H16ClNO2S2. The molecule has 2 heterocycles. The van der Waals surface area contributed by atoms with Crippen LogP contribution in [0.3, 0.4) is 0 Å². The highest BCUT2D eigenvalue weighted by atomic mass is 35.5. The summed E-state index contributed by atoms with van der Waals surface area (Å²) in [5, 5.41) is 2.55. The van der Waals surface area contributed by atoms with Crippen molar-refractivity contribution in [2.45, 2.75) is 18.7 Å². The van der Waals surface area contributed by atoms with Crippen molar-refractivity contribution in [1.82, 2.24) is 4.90 Å². The summed E-state index contributed by atoms with van der Waals surface area (Å²) in [6, 6.07) is 11.0. The molecule has 0 N–H and O–H groups in total. The molecule has 124 valence electrons. The van der Waals surface area contributed by atoms with Crippen molar-refractivity contribution in [2.75, 3.05) is 6.54 Å². The van der Waals surface area contributed by atoms with Crippen LogP contribution in [0, 0.1) is 5.92 Å². The summed E-state index contributed by atoms with van der Waals surface area (Å²) in [4.78, 5) is 29.2. The van der Waals surface area contributed by atoms with E-state index >= 15 is 0 Å². The van der Waals surface area contributed by atoms with Gasteiger partial charge in [-0.05, 0) is 41.6 Å². The fourth-order valence-corrected chi connectivity index (χ4v) is 4.40. The molecule has 2 amide bonds. The predicted molar refractivity (Wildman–Crippen MR) is 100 cm³/mol. The van der Waals surface area contributed by atoms with Crippen LogP contribution in [0.1, 0.15) is 18.7 Å². The summed E-state index contributed by atoms with van der Waals surface area (Å²) >= 11 is 8.72. The van der Waals surface area contributed by atoms with E-state index in [1.807, 2.05) is 43.5 Å². The minimum absolute atomic E-state index is 0.201. The quantitative estimate of drug-likeness (QED) is 0.693. The van der Waals surface area contributed by atoms with E-state index in [-0.39, 0.29) is 17.7 Å². The molecule has 0 radical (unpaired) electrons. The number of hydrogen-bond donors (Lipinski definition) is 0. The van der Waals surface area contributed by atoms with Gasteiger partial charge < -0.3 is 0 Å². The van der Waals surface area contributed by atoms with Gasteiger partial charge in [-0.25, -0.2) is 0 Å². The molecule has 0 saturated carbocycles. The first kappa shape index (κ1) is 17.3. The van der Waals surface area contributed by atoms with Gasteiger partial charge in [-0.3, -0.25) is 14.5 Å². The Hall–Kier alpha value is -1.56. The Morgan fingerprint density at radius 2 is 1.83 bits per heavy atom. The molecule has 0 fully saturated rings. The molecule has 1 aromatic heterocycles. The summed E-state index contributed by atoms with van der Waals surface area (Å²) in [6.07, 6.45) is 0. The van der Waals surface area contributed by atoms with Crippen molar-refractivity contribution in [3.8, 4) is 0 Å².